The maximum absolute atomic E-state index is 13.3. The van der Waals surface area contributed by atoms with E-state index in [0.717, 1.165) is 33.9 Å². The Hall–Kier alpha value is -3.54. The smallest absolute Gasteiger partial charge is 0.253 e. The molecule has 35 heavy (non-hydrogen) atoms. The van der Waals surface area contributed by atoms with Crippen molar-refractivity contribution in [2.75, 3.05) is 37.7 Å². The number of hydrogen-bond acceptors (Lipinski definition) is 4. The first-order valence-corrected chi connectivity index (χ1v) is 12.1. The van der Waals surface area contributed by atoms with E-state index in [9.17, 15) is 9.18 Å². The molecule has 0 saturated carbocycles. The summed E-state index contributed by atoms with van der Waals surface area (Å²) in [5, 5.41) is 0. The van der Waals surface area contributed by atoms with E-state index in [-0.39, 0.29) is 11.7 Å². The van der Waals surface area contributed by atoms with Crippen LogP contribution in [0.15, 0.2) is 54.6 Å². The van der Waals surface area contributed by atoms with Gasteiger partial charge in [-0.25, -0.2) is 4.39 Å². The molecule has 1 fully saturated rings. The zero-order valence-corrected chi connectivity index (χ0v) is 20.9. The van der Waals surface area contributed by atoms with Crippen LogP contribution in [-0.2, 0) is 6.61 Å². The molecule has 0 N–H and O–H groups in total. The molecule has 4 rings (SSSR count). The zero-order valence-electron chi connectivity index (χ0n) is 20.9. The van der Waals surface area contributed by atoms with Crippen LogP contribution in [0, 0.1) is 26.6 Å². The largest absolute Gasteiger partial charge is 0.493 e. The fraction of sp³-hybridized carbons (Fsp3) is 0.345. The van der Waals surface area contributed by atoms with E-state index in [1.54, 1.807) is 12.1 Å². The molecule has 0 bridgehead atoms. The summed E-state index contributed by atoms with van der Waals surface area (Å²) in [7, 11) is 0. The van der Waals surface area contributed by atoms with Gasteiger partial charge in [0.1, 0.15) is 23.9 Å². The highest BCUT2D eigenvalue weighted by atomic mass is 19.1. The van der Waals surface area contributed by atoms with Gasteiger partial charge in [0.2, 0.25) is 0 Å². The van der Waals surface area contributed by atoms with Gasteiger partial charge in [-0.1, -0.05) is 6.07 Å². The SMILES string of the molecule is CCOc1ccc(C(=O)N2CCN(c3ccc(F)cc3)CC2)cc1COc1cc(C)cc(C)c1C. The van der Waals surface area contributed by atoms with Crippen molar-refractivity contribution >= 4 is 11.6 Å². The molecule has 6 heteroatoms. The van der Waals surface area contributed by atoms with Crippen LogP contribution in [0.3, 0.4) is 0 Å². The maximum Gasteiger partial charge on any atom is 0.253 e. The number of anilines is 1. The lowest BCUT2D eigenvalue weighted by molar-refractivity contribution is 0.0746. The Morgan fingerprint density at radius 3 is 2.29 bits per heavy atom. The number of carbonyl (C=O) groups is 1. The Morgan fingerprint density at radius 1 is 0.886 bits per heavy atom. The van der Waals surface area contributed by atoms with Crippen LogP contribution in [0.1, 0.15) is 39.5 Å². The van der Waals surface area contributed by atoms with Crippen molar-refractivity contribution in [2.45, 2.75) is 34.3 Å². The molecule has 184 valence electrons. The lowest BCUT2D eigenvalue weighted by Gasteiger charge is -2.36. The number of rotatable bonds is 7. The van der Waals surface area contributed by atoms with Gasteiger partial charge < -0.3 is 19.3 Å². The van der Waals surface area contributed by atoms with Gasteiger partial charge in [0, 0.05) is 43.0 Å². The van der Waals surface area contributed by atoms with Crippen LogP contribution in [0.4, 0.5) is 10.1 Å². The number of aryl methyl sites for hydroxylation is 2. The molecule has 0 aliphatic carbocycles. The van der Waals surface area contributed by atoms with Crippen molar-refractivity contribution in [3.63, 3.8) is 0 Å². The van der Waals surface area contributed by atoms with Crippen LogP contribution < -0.4 is 14.4 Å². The molecule has 3 aromatic rings. The Balaban J connectivity index is 1.46. The van der Waals surface area contributed by atoms with E-state index in [0.29, 0.717) is 45.0 Å². The predicted octanol–water partition coefficient (Wildman–Crippen LogP) is 5.69. The monoisotopic (exact) mass is 476 g/mol. The summed E-state index contributed by atoms with van der Waals surface area (Å²) in [6, 6.07) is 16.3. The predicted molar refractivity (Wildman–Crippen MR) is 137 cm³/mol. The lowest BCUT2D eigenvalue weighted by atomic mass is 10.1. The van der Waals surface area contributed by atoms with Crippen molar-refractivity contribution in [2.24, 2.45) is 0 Å². The Morgan fingerprint density at radius 2 is 1.60 bits per heavy atom. The Labute approximate surface area is 207 Å². The molecular weight excluding hydrogens is 443 g/mol. The number of hydrogen-bond donors (Lipinski definition) is 0. The first-order valence-electron chi connectivity index (χ1n) is 12.1. The van der Waals surface area contributed by atoms with E-state index >= 15 is 0 Å². The molecule has 0 spiro atoms. The van der Waals surface area contributed by atoms with Crippen molar-refractivity contribution < 1.29 is 18.7 Å². The fourth-order valence-corrected chi connectivity index (χ4v) is 4.43. The van der Waals surface area contributed by atoms with E-state index in [1.807, 2.05) is 36.1 Å². The molecule has 5 nitrogen and oxygen atoms in total. The van der Waals surface area contributed by atoms with Gasteiger partial charge in [-0.3, -0.25) is 4.79 Å². The Kier molecular flexibility index (Phi) is 7.59. The molecule has 1 saturated heterocycles. The second-order valence-electron chi connectivity index (χ2n) is 9.00. The first kappa shape index (κ1) is 24.6. The third-order valence-electron chi connectivity index (χ3n) is 6.51. The average molecular weight is 477 g/mol. The van der Waals surface area contributed by atoms with E-state index < -0.39 is 0 Å². The standard InChI is InChI=1S/C29H33FN2O3/c1-5-34-27-11-6-23(18-24(27)19-35-28-17-20(2)16-21(3)22(28)4)29(33)32-14-12-31(13-15-32)26-9-7-25(30)8-10-26/h6-11,16-18H,5,12-15,19H2,1-4H3. The van der Waals surface area contributed by atoms with Gasteiger partial charge in [-0.15, -0.1) is 0 Å². The van der Waals surface area contributed by atoms with Gasteiger partial charge in [0.15, 0.2) is 0 Å². The summed E-state index contributed by atoms with van der Waals surface area (Å²) >= 11 is 0. The van der Waals surface area contributed by atoms with Crippen molar-refractivity contribution in [1.82, 2.24) is 4.90 Å². The number of halogens is 1. The zero-order chi connectivity index (χ0) is 24.9. The minimum Gasteiger partial charge on any atom is -0.493 e. The van der Waals surface area contributed by atoms with Gasteiger partial charge in [0.25, 0.3) is 5.91 Å². The Bertz CT molecular complexity index is 1190. The normalized spacial score (nSPS) is 13.6. The van der Waals surface area contributed by atoms with Gasteiger partial charge in [-0.05, 0) is 92.9 Å². The summed E-state index contributed by atoms with van der Waals surface area (Å²) in [4.78, 5) is 17.3. The van der Waals surface area contributed by atoms with Crippen LogP contribution in [0.25, 0.3) is 0 Å². The minimum atomic E-state index is -0.245. The quantitative estimate of drug-likeness (QED) is 0.439. The fourth-order valence-electron chi connectivity index (χ4n) is 4.43. The third-order valence-corrected chi connectivity index (χ3v) is 6.51. The molecule has 0 radical (unpaired) electrons. The summed E-state index contributed by atoms with van der Waals surface area (Å²) in [6.45, 7) is 11.6. The van der Waals surface area contributed by atoms with E-state index in [2.05, 4.69) is 31.7 Å². The van der Waals surface area contributed by atoms with Crippen LogP contribution in [-0.4, -0.2) is 43.6 Å². The molecule has 1 aliphatic heterocycles. The number of ether oxygens (including phenoxy) is 2. The first-order chi connectivity index (χ1) is 16.9. The van der Waals surface area contributed by atoms with Gasteiger partial charge in [0.05, 0.1) is 6.61 Å². The highest BCUT2D eigenvalue weighted by Gasteiger charge is 2.23. The number of amides is 1. The minimum absolute atomic E-state index is 0.00404. The molecular formula is C29H33FN2O3. The summed E-state index contributed by atoms with van der Waals surface area (Å²) in [5.74, 6) is 1.33. The molecule has 1 heterocycles. The van der Waals surface area contributed by atoms with Gasteiger partial charge >= 0.3 is 0 Å². The molecule has 1 amide bonds. The van der Waals surface area contributed by atoms with Crippen LogP contribution in [0.5, 0.6) is 11.5 Å². The number of piperazine rings is 1. The lowest BCUT2D eigenvalue weighted by Crippen LogP contribution is -2.48. The second kappa shape index (κ2) is 10.8. The number of benzene rings is 3. The summed E-state index contributed by atoms with van der Waals surface area (Å²) in [5.41, 5.74) is 5.90. The average Bonchev–Trinajstić information content (AvgIpc) is 2.86. The van der Waals surface area contributed by atoms with E-state index in [1.165, 1.54) is 17.7 Å². The second-order valence-corrected chi connectivity index (χ2v) is 9.00. The van der Waals surface area contributed by atoms with Gasteiger partial charge in [-0.2, -0.15) is 0 Å². The van der Waals surface area contributed by atoms with Crippen molar-refractivity contribution in [3.8, 4) is 11.5 Å². The molecule has 0 unspecified atom stereocenters. The molecule has 0 aromatic heterocycles. The van der Waals surface area contributed by atoms with Crippen LogP contribution >= 0.6 is 0 Å². The third kappa shape index (κ3) is 5.76. The topological polar surface area (TPSA) is 42.0 Å². The molecule has 3 aromatic carbocycles. The van der Waals surface area contributed by atoms with E-state index in [4.69, 9.17) is 9.47 Å². The highest BCUT2D eigenvalue weighted by molar-refractivity contribution is 5.94. The summed E-state index contributed by atoms with van der Waals surface area (Å²) < 4.78 is 25.2. The summed E-state index contributed by atoms with van der Waals surface area (Å²) in [6.07, 6.45) is 0. The molecule has 1 aliphatic rings. The van der Waals surface area contributed by atoms with Crippen LogP contribution in [0.2, 0.25) is 0 Å². The number of carbonyl (C=O) groups excluding carboxylic acids is 1. The number of nitrogens with zero attached hydrogens (tertiary/aromatic N) is 2. The molecule has 0 atom stereocenters. The highest BCUT2D eigenvalue weighted by Crippen LogP contribution is 2.28. The van der Waals surface area contributed by atoms with Crippen molar-refractivity contribution in [1.29, 1.82) is 0 Å². The van der Waals surface area contributed by atoms with Crippen molar-refractivity contribution in [3.05, 3.63) is 88.2 Å². The maximum atomic E-state index is 13.3.